The predicted molar refractivity (Wildman–Crippen MR) is 122 cm³/mol. The van der Waals surface area contributed by atoms with Crippen LogP contribution in [-0.2, 0) is 11.3 Å². The first-order chi connectivity index (χ1) is 15.0. The molecule has 31 heavy (non-hydrogen) atoms. The third-order valence-electron chi connectivity index (χ3n) is 4.96. The zero-order valence-electron chi connectivity index (χ0n) is 17.3. The molecule has 0 aliphatic rings. The van der Waals surface area contributed by atoms with E-state index in [1.165, 1.54) is 15.9 Å². The highest BCUT2D eigenvalue weighted by Gasteiger charge is 2.17. The van der Waals surface area contributed by atoms with E-state index in [0.29, 0.717) is 27.5 Å². The van der Waals surface area contributed by atoms with Crippen LogP contribution in [0.3, 0.4) is 0 Å². The van der Waals surface area contributed by atoms with E-state index in [9.17, 15) is 9.59 Å². The molecule has 0 bridgehead atoms. The quantitative estimate of drug-likeness (QED) is 0.493. The molecule has 158 valence electrons. The fourth-order valence-electron chi connectivity index (χ4n) is 3.31. The predicted octanol–water partition coefficient (Wildman–Crippen LogP) is 4.09. The van der Waals surface area contributed by atoms with Gasteiger partial charge in [-0.2, -0.15) is 0 Å². The lowest BCUT2D eigenvalue weighted by molar-refractivity contribution is -0.116. The van der Waals surface area contributed by atoms with Gasteiger partial charge in [0.15, 0.2) is 0 Å². The van der Waals surface area contributed by atoms with Gasteiger partial charge in [0.25, 0.3) is 5.56 Å². The van der Waals surface area contributed by atoms with E-state index in [4.69, 9.17) is 9.47 Å². The SMILES string of the molecule is COc1ccc(NC(=O)Cn2c(C)nc3scc(-c4ccc(OC)cc4)c3c2=O)cc1. The van der Waals surface area contributed by atoms with Gasteiger partial charge in [-0.1, -0.05) is 12.1 Å². The normalized spacial score (nSPS) is 10.8. The number of aromatic nitrogens is 2. The van der Waals surface area contributed by atoms with Crippen LogP contribution in [0, 0.1) is 6.92 Å². The van der Waals surface area contributed by atoms with Gasteiger partial charge < -0.3 is 14.8 Å². The van der Waals surface area contributed by atoms with Crippen LogP contribution in [0.2, 0.25) is 0 Å². The molecule has 1 N–H and O–H groups in total. The van der Waals surface area contributed by atoms with Crippen LogP contribution in [0.15, 0.2) is 58.7 Å². The maximum Gasteiger partial charge on any atom is 0.263 e. The van der Waals surface area contributed by atoms with E-state index in [1.54, 1.807) is 45.4 Å². The number of carbonyl (C=O) groups excluding carboxylic acids is 1. The molecule has 8 heteroatoms. The van der Waals surface area contributed by atoms with Crippen molar-refractivity contribution in [2.45, 2.75) is 13.5 Å². The smallest absolute Gasteiger partial charge is 0.263 e. The first-order valence-electron chi connectivity index (χ1n) is 9.57. The molecule has 0 saturated heterocycles. The van der Waals surface area contributed by atoms with Gasteiger partial charge in [-0.15, -0.1) is 11.3 Å². The summed E-state index contributed by atoms with van der Waals surface area (Å²) < 4.78 is 11.7. The Kier molecular flexibility index (Phi) is 5.73. The highest BCUT2D eigenvalue weighted by atomic mass is 32.1. The number of rotatable bonds is 6. The molecule has 0 spiro atoms. The Hall–Kier alpha value is -3.65. The lowest BCUT2D eigenvalue weighted by Gasteiger charge is -2.11. The molecular weight excluding hydrogens is 414 g/mol. The second-order valence-electron chi connectivity index (χ2n) is 6.89. The van der Waals surface area contributed by atoms with Gasteiger partial charge in [-0.3, -0.25) is 14.2 Å². The minimum atomic E-state index is -0.308. The number of thiophene rings is 1. The second-order valence-corrected chi connectivity index (χ2v) is 7.74. The van der Waals surface area contributed by atoms with Crippen LogP contribution in [-0.4, -0.2) is 29.7 Å². The monoisotopic (exact) mass is 435 g/mol. The topological polar surface area (TPSA) is 82.4 Å². The Bertz CT molecular complexity index is 1290. The van der Waals surface area contributed by atoms with Crippen molar-refractivity contribution in [1.29, 1.82) is 0 Å². The van der Waals surface area contributed by atoms with Crippen LogP contribution < -0.4 is 20.3 Å². The maximum absolute atomic E-state index is 13.3. The number of nitrogens with zero attached hydrogens (tertiary/aromatic N) is 2. The molecule has 0 aliphatic carbocycles. The van der Waals surface area contributed by atoms with Gasteiger partial charge in [-0.05, 0) is 48.9 Å². The van der Waals surface area contributed by atoms with Crippen molar-refractivity contribution >= 4 is 33.1 Å². The van der Waals surface area contributed by atoms with E-state index in [2.05, 4.69) is 10.3 Å². The highest BCUT2D eigenvalue weighted by Crippen LogP contribution is 2.32. The Balaban J connectivity index is 1.65. The van der Waals surface area contributed by atoms with Crippen LogP contribution in [0.25, 0.3) is 21.3 Å². The molecule has 7 nitrogen and oxygen atoms in total. The molecular formula is C23H21N3O4S. The molecule has 0 aliphatic heterocycles. The molecule has 2 heterocycles. The van der Waals surface area contributed by atoms with Crippen molar-refractivity contribution in [3.63, 3.8) is 0 Å². The number of amides is 1. The van der Waals surface area contributed by atoms with E-state index in [1.807, 2.05) is 29.6 Å². The zero-order chi connectivity index (χ0) is 22.0. The number of anilines is 1. The van der Waals surface area contributed by atoms with Gasteiger partial charge in [0.2, 0.25) is 5.91 Å². The summed E-state index contributed by atoms with van der Waals surface area (Å²) in [5.74, 6) is 1.62. The Morgan fingerprint density at radius 3 is 2.26 bits per heavy atom. The van der Waals surface area contributed by atoms with Crippen molar-refractivity contribution in [3.05, 3.63) is 70.1 Å². The van der Waals surface area contributed by atoms with E-state index >= 15 is 0 Å². The summed E-state index contributed by atoms with van der Waals surface area (Å²) in [5.41, 5.74) is 2.08. The fourth-order valence-corrected chi connectivity index (χ4v) is 4.30. The van der Waals surface area contributed by atoms with Gasteiger partial charge in [-0.25, -0.2) is 4.98 Å². The van der Waals surface area contributed by atoms with Crippen molar-refractivity contribution in [2.75, 3.05) is 19.5 Å². The van der Waals surface area contributed by atoms with Crippen molar-refractivity contribution in [3.8, 4) is 22.6 Å². The number of benzene rings is 2. The molecule has 2 aromatic carbocycles. The maximum atomic E-state index is 13.3. The summed E-state index contributed by atoms with van der Waals surface area (Å²) in [5, 5.41) is 5.23. The average molecular weight is 436 g/mol. The first-order valence-corrected chi connectivity index (χ1v) is 10.4. The lowest BCUT2D eigenvalue weighted by Crippen LogP contribution is -2.30. The molecule has 0 unspecified atom stereocenters. The van der Waals surface area contributed by atoms with Crippen molar-refractivity contribution in [2.24, 2.45) is 0 Å². The van der Waals surface area contributed by atoms with E-state index in [0.717, 1.165) is 16.9 Å². The van der Waals surface area contributed by atoms with E-state index < -0.39 is 0 Å². The summed E-state index contributed by atoms with van der Waals surface area (Å²) in [7, 11) is 3.19. The number of fused-ring (bicyclic) bond motifs is 1. The van der Waals surface area contributed by atoms with Crippen LogP contribution in [0.5, 0.6) is 11.5 Å². The minimum Gasteiger partial charge on any atom is -0.497 e. The number of hydrogen-bond donors (Lipinski definition) is 1. The zero-order valence-corrected chi connectivity index (χ0v) is 18.2. The molecule has 0 saturated carbocycles. The Labute approximate surface area is 182 Å². The number of hydrogen-bond acceptors (Lipinski definition) is 6. The Morgan fingerprint density at radius 1 is 1.03 bits per heavy atom. The molecule has 1 amide bonds. The first kappa shape index (κ1) is 20.6. The number of methoxy groups -OCH3 is 2. The fraction of sp³-hybridized carbons (Fsp3) is 0.174. The third-order valence-corrected chi connectivity index (χ3v) is 5.83. The number of nitrogens with one attached hydrogen (secondary N) is 1. The second kappa shape index (κ2) is 8.61. The number of aryl methyl sites for hydroxylation is 1. The molecule has 4 rings (SSSR count). The standard InChI is InChI=1S/C23H21N3O4S/c1-14-24-22-21(19(13-31-22)15-4-8-17(29-2)9-5-15)23(28)26(14)12-20(27)25-16-6-10-18(30-3)11-7-16/h4-11,13H,12H2,1-3H3,(H,25,27). The lowest BCUT2D eigenvalue weighted by atomic mass is 10.1. The van der Waals surface area contributed by atoms with Crippen molar-refractivity contribution in [1.82, 2.24) is 9.55 Å². The van der Waals surface area contributed by atoms with Gasteiger partial charge in [0.1, 0.15) is 28.7 Å². The van der Waals surface area contributed by atoms with Crippen molar-refractivity contribution < 1.29 is 14.3 Å². The summed E-state index contributed by atoms with van der Waals surface area (Å²) in [6.45, 7) is 1.60. The van der Waals surface area contributed by atoms with Gasteiger partial charge in [0, 0.05) is 16.6 Å². The van der Waals surface area contributed by atoms with Crippen LogP contribution in [0.4, 0.5) is 5.69 Å². The largest absolute Gasteiger partial charge is 0.497 e. The van der Waals surface area contributed by atoms with Crippen LogP contribution in [0.1, 0.15) is 5.82 Å². The molecule has 2 aromatic heterocycles. The highest BCUT2D eigenvalue weighted by molar-refractivity contribution is 7.17. The Morgan fingerprint density at radius 2 is 1.65 bits per heavy atom. The van der Waals surface area contributed by atoms with E-state index in [-0.39, 0.29) is 18.0 Å². The molecule has 0 radical (unpaired) electrons. The molecule has 4 aromatic rings. The molecule has 0 fully saturated rings. The average Bonchev–Trinajstić information content (AvgIpc) is 3.21. The van der Waals surface area contributed by atoms with Crippen LogP contribution >= 0.6 is 11.3 Å². The summed E-state index contributed by atoms with van der Waals surface area (Å²) in [4.78, 5) is 31.1. The number of ether oxygens (including phenoxy) is 2. The summed E-state index contributed by atoms with van der Waals surface area (Å²) in [6, 6.07) is 14.5. The number of carbonyl (C=O) groups is 1. The van der Waals surface area contributed by atoms with Gasteiger partial charge in [0.05, 0.1) is 19.6 Å². The molecule has 0 atom stereocenters. The third kappa shape index (κ3) is 4.15. The van der Waals surface area contributed by atoms with Gasteiger partial charge >= 0.3 is 0 Å². The summed E-state index contributed by atoms with van der Waals surface area (Å²) >= 11 is 1.41. The summed E-state index contributed by atoms with van der Waals surface area (Å²) in [6.07, 6.45) is 0. The minimum absolute atomic E-state index is 0.127.